The van der Waals surface area contributed by atoms with Gasteiger partial charge in [0.2, 0.25) is 0 Å². The van der Waals surface area contributed by atoms with Gasteiger partial charge in [0.15, 0.2) is 0 Å². The van der Waals surface area contributed by atoms with Crippen molar-refractivity contribution in [2.45, 2.75) is 6.92 Å². The molecule has 0 unspecified atom stereocenters. The van der Waals surface area contributed by atoms with E-state index in [0.717, 1.165) is 17.9 Å². The van der Waals surface area contributed by atoms with Gasteiger partial charge in [-0.2, -0.15) is 0 Å². The number of benzene rings is 2. The van der Waals surface area contributed by atoms with Gasteiger partial charge in [0.25, 0.3) is 5.91 Å². The number of hydrogen-bond donors (Lipinski definition) is 3. The quantitative estimate of drug-likeness (QED) is 0.736. The minimum absolute atomic E-state index is 0.142. The molecule has 0 aliphatic carbocycles. The summed E-state index contributed by atoms with van der Waals surface area (Å²) in [6, 6.07) is 14.4. The van der Waals surface area contributed by atoms with Crippen molar-refractivity contribution in [2.75, 3.05) is 22.9 Å². The molecule has 0 radical (unpaired) electrons. The molecule has 1 amide bonds. The molecule has 0 aliphatic heterocycles. The Morgan fingerprint density at radius 3 is 2.16 bits per heavy atom. The third kappa shape index (κ3) is 3.48. The lowest BCUT2D eigenvalue weighted by molar-refractivity contribution is 0.102. The number of carbonyl (C=O) groups is 1. The van der Waals surface area contributed by atoms with Crippen LogP contribution in [-0.2, 0) is 0 Å². The van der Waals surface area contributed by atoms with Crippen molar-refractivity contribution in [2.24, 2.45) is 0 Å². The SMILES string of the molecule is CCNc1ccc(NC(=O)c2ccc(N)cc2)cc1. The first-order chi connectivity index (χ1) is 9.19. The topological polar surface area (TPSA) is 67.1 Å². The van der Waals surface area contributed by atoms with E-state index in [4.69, 9.17) is 5.73 Å². The fourth-order valence-corrected chi connectivity index (χ4v) is 1.71. The van der Waals surface area contributed by atoms with Crippen molar-refractivity contribution < 1.29 is 4.79 Å². The van der Waals surface area contributed by atoms with E-state index in [0.29, 0.717) is 11.3 Å². The molecule has 4 heteroatoms. The number of hydrogen-bond acceptors (Lipinski definition) is 3. The molecule has 0 aromatic heterocycles. The average Bonchev–Trinajstić information content (AvgIpc) is 2.42. The van der Waals surface area contributed by atoms with E-state index in [1.165, 1.54) is 0 Å². The van der Waals surface area contributed by atoms with Crippen LogP contribution in [0.4, 0.5) is 17.1 Å². The van der Waals surface area contributed by atoms with Gasteiger partial charge in [0.05, 0.1) is 0 Å². The predicted octanol–water partition coefficient (Wildman–Crippen LogP) is 2.95. The summed E-state index contributed by atoms with van der Waals surface area (Å²) in [6.07, 6.45) is 0. The summed E-state index contributed by atoms with van der Waals surface area (Å²) in [5.74, 6) is -0.142. The summed E-state index contributed by atoms with van der Waals surface area (Å²) in [6.45, 7) is 2.91. The Hall–Kier alpha value is -2.49. The molecule has 2 aromatic rings. The van der Waals surface area contributed by atoms with Crippen molar-refractivity contribution in [1.82, 2.24) is 0 Å². The molecule has 0 saturated heterocycles. The number of carbonyl (C=O) groups excluding carboxylic acids is 1. The van der Waals surface area contributed by atoms with E-state index < -0.39 is 0 Å². The van der Waals surface area contributed by atoms with Crippen LogP contribution in [0.2, 0.25) is 0 Å². The van der Waals surface area contributed by atoms with Crippen LogP contribution in [0.1, 0.15) is 17.3 Å². The molecule has 0 saturated carbocycles. The highest BCUT2D eigenvalue weighted by Gasteiger charge is 2.05. The fourth-order valence-electron chi connectivity index (χ4n) is 1.71. The van der Waals surface area contributed by atoms with Crippen molar-refractivity contribution in [3.05, 3.63) is 54.1 Å². The highest BCUT2D eigenvalue weighted by molar-refractivity contribution is 6.04. The molecule has 0 spiro atoms. The number of nitrogen functional groups attached to an aromatic ring is 1. The summed E-state index contributed by atoms with van der Waals surface area (Å²) in [5, 5.41) is 6.04. The smallest absolute Gasteiger partial charge is 0.255 e. The van der Waals surface area contributed by atoms with E-state index >= 15 is 0 Å². The highest BCUT2D eigenvalue weighted by Crippen LogP contribution is 2.15. The van der Waals surface area contributed by atoms with Crippen LogP contribution in [0.15, 0.2) is 48.5 Å². The first-order valence-corrected chi connectivity index (χ1v) is 6.20. The predicted molar refractivity (Wildman–Crippen MR) is 79.4 cm³/mol. The average molecular weight is 255 g/mol. The highest BCUT2D eigenvalue weighted by atomic mass is 16.1. The molecule has 4 nitrogen and oxygen atoms in total. The minimum Gasteiger partial charge on any atom is -0.399 e. The first kappa shape index (κ1) is 13.0. The van der Waals surface area contributed by atoms with Gasteiger partial charge in [-0.25, -0.2) is 0 Å². The molecular formula is C15H17N3O. The second kappa shape index (κ2) is 5.91. The molecule has 4 N–H and O–H groups in total. The van der Waals surface area contributed by atoms with Crippen molar-refractivity contribution in [3.8, 4) is 0 Å². The van der Waals surface area contributed by atoms with E-state index in [2.05, 4.69) is 10.6 Å². The summed E-state index contributed by atoms with van der Waals surface area (Å²) < 4.78 is 0. The molecule has 2 rings (SSSR count). The lowest BCUT2D eigenvalue weighted by Crippen LogP contribution is -2.11. The second-order valence-corrected chi connectivity index (χ2v) is 4.18. The molecular weight excluding hydrogens is 238 g/mol. The van der Waals surface area contributed by atoms with Crippen LogP contribution in [0, 0.1) is 0 Å². The Bertz CT molecular complexity index is 547. The summed E-state index contributed by atoms with van der Waals surface area (Å²) >= 11 is 0. The Kier molecular flexibility index (Phi) is 4.03. The molecule has 19 heavy (non-hydrogen) atoms. The van der Waals surface area contributed by atoms with E-state index in [1.54, 1.807) is 24.3 Å². The number of nitrogens with one attached hydrogen (secondary N) is 2. The van der Waals surface area contributed by atoms with Gasteiger partial charge in [-0.3, -0.25) is 4.79 Å². The molecule has 0 fully saturated rings. The lowest BCUT2D eigenvalue weighted by Gasteiger charge is -2.07. The van der Waals surface area contributed by atoms with E-state index in [9.17, 15) is 4.79 Å². The van der Waals surface area contributed by atoms with Crippen molar-refractivity contribution >= 4 is 23.0 Å². The first-order valence-electron chi connectivity index (χ1n) is 6.20. The van der Waals surface area contributed by atoms with Crippen LogP contribution in [0.25, 0.3) is 0 Å². The van der Waals surface area contributed by atoms with Gasteiger partial charge in [0.1, 0.15) is 0 Å². The Labute approximate surface area is 112 Å². The van der Waals surface area contributed by atoms with Crippen LogP contribution in [0.3, 0.4) is 0 Å². The number of rotatable bonds is 4. The number of amides is 1. The minimum atomic E-state index is -0.142. The third-order valence-electron chi connectivity index (χ3n) is 2.70. The van der Waals surface area contributed by atoms with Gasteiger partial charge in [-0.1, -0.05) is 0 Å². The molecule has 0 aliphatic rings. The standard InChI is InChI=1S/C15H17N3O/c1-2-17-13-7-9-14(10-8-13)18-15(19)11-3-5-12(16)6-4-11/h3-10,17H,2,16H2,1H3,(H,18,19). The Balaban J connectivity index is 2.04. The summed E-state index contributed by atoms with van der Waals surface area (Å²) in [7, 11) is 0. The maximum atomic E-state index is 12.0. The van der Waals surface area contributed by atoms with Crippen LogP contribution >= 0.6 is 0 Å². The van der Waals surface area contributed by atoms with Gasteiger partial charge >= 0.3 is 0 Å². The van der Waals surface area contributed by atoms with E-state index in [-0.39, 0.29) is 5.91 Å². The maximum absolute atomic E-state index is 12.0. The largest absolute Gasteiger partial charge is 0.399 e. The summed E-state index contributed by atoms with van der Waals surface area (Å²) in [5.41, 5.74) is 8.62. The normalized spacial score (nSPS) is 9.95. The third-order valence-corrected chi connectivity index (χ3v) is 2.70. The van der Waals surface area contributed by atoms with Crippen molar-refractivity contribution in [3.63, 3.8) is 0 Å². The van der Waals surface area contributed by atoms with Crippen molar-refractivity contribution in [1.29, 1.82) is 0 Å². The molecule has 98 valence electrons. The van der Waals surface area contributed by atoms with Crippen LogP contribution < -0.4 is 16.4 Å². The van der Waals surface area contributed by atoms with Gasteiger partial charge in [0, 0.05) is 29.2 Å². The zero-order valence-electron chi connectivity index (χ0n) is 10.8. The summed E-state index contributed by atoms with van der Waals surface area (Å²) in [4.78, 5) is 12.0. The van der Waals surface area contributed by atoms with Gasteiger partial charge in [-0.15, -0.1) is 0 Å². The zero-order chi connectivity index (χ0) is 13.7. The maximum Gasteiger partial charge on any atom is 0.255 e. The Morgan fingerprint density at radius 1 is 1.00 bits per heavy atom. The monoisotopic (exact) mass is 255 g/mol. The van der Waals surface area contributed by atoms with E-state index in [1.807, 2.05) is 31.2 Å². The Morgan fingerprint density at radius 2 is 1.58 bits per heavy atom. The number of nitrogens with two attached hydrogens (primary N) is 1. The fraction of sp³-hybridized carbons (Fsp3) is 0.133. The molecule has 0 bridgehead atoms. The van der Waals surface area contributed by atoms with Gasteiger partial charge in [-0.05, 0) is 55.5 Å². The van der Waals surface area contributed by atoms with Crippen LogP contribution in [0.5, 0.6) is 0 Å². The lowest BCUT2D eigenvalue weighted by atomic mass is 10.2. The second-order valence-electron chi connectivity index (χ2n) is 4.18. The zero-order valence-corrected chi connectivity index (χ0v) is 10.8. The number of anilines is 3. The molecule has 2 aromatic carbocycles. The van der Waals surface area contributed by atoms with Crippen LogP contribution in [-0.4, -0.2) is 12.5 Å². The molecule has 0 atom stereocenters. The molecule has 0 heterocycles. The van der Waals surface area contributed by atoms with Gasteiger partial charge < -0.3 is 16.4 Å².